The van der Waals surface area contributed by atoms with Crippen molar-refractivity contribution in [2.24, 2.45) is 11.1 Å². The largest absolute Gasteiger partial charge is 0.396 e. The van der Waals surface area contributed by atoms with Crippen LogP contribution in [-0.2, 0) is 4.74 Å². The normalized spacial score (nSPS) is 33.0. The van der Waals surface area contributed by atoms with Gasteiger partial charge in [0.25, 0.3) is 0 Å². The van der Waals surface area contributed by atoms with Crippen LogP contribution in [0.1, 0.15) is 12.8 Å². The van der Waals surface area contributed by atoms with E-state index in [0.717, 1.165) is 19.4 Å². The van der Waals surface area contributed by atoms with Crippen molar-refractivity contribution in [1.29, 1.82) is 0 Å². The van der Waals surface area contributed by atoms with Gasteiger partial charge in [-0.2, -0.15) is 0 Å². The quantitative estimate of drug-likeness (QED) is 0.575. The summed E-state index contributed by atoms with van der Waals surface area (Å²) in [5, 5.41) is 9.01. The lowest BCUT2D eigenvalue weighted by Gasteiger charge is -2.23. The lowest BCUT2D eigenvalue weighted by Crippen LogP contribution is -2.28. The summed E-state index contributed by atoms with van der Waals surface area (Å²) in [7, 11) is 0. The van der Waals surface area contributed by atoms with Crippen LogP contribution < -0.4 is 5.73 Å². The van der Waals surface area contributed by atoms with Gasteiger partial charge in [0.15, 0.2) is 0 Å². The van der Waals surface area contributed by atoms with Crippen molar-refractivity contribution < 1.29 is 9.84 Å². The second-order valence-electron chi connectivity index (χ2n) is 3.00. The van der Waals surface area contributed by atoms with E-state index in [1.54, 1.807) is 0 Å². The molecule has 0 aromatic heterocycles. The fourth-order valence-corrected chi connectivity index (χ4v) is 1.36. The summed E-state index contributed by atoms with van der Waals surface area (Å²) < 4.78 is 5.19. The molecular weight excluding hydrogens is 130 g/mol. The third-order valence-electron chi connectivity index (χ3n) is 2.20. The predicted octanol–water partition coefficient (Wildman–Crippen LogP) is -0.266. The minimum absolute atomic E-state index is 0.00521. The van der Waals surface area contributed by atoms with E-state index in [4.69, 9.17) is 15.6 Å². The molecule has 0 amide bonds. The summed E-state index contributed by atoms with van der Waals surface area (Å²) in [6, 6.07) is 0. The summed E-state index contributed by atoms with van der Waals surface area (Å²) in [5.74, 6) is 0. The molecule has 1 saturated heterocycles. The Balaban J connectivity index is 2.41. The van der Waals surface area contributed by atoms with Gasteiger partial charge >= 0.3 is 0 Å². The average Bonchev–Trinajstić information content (AvgIpc) is 2.39. The molecule has 10 heavy (non-hydrogen) atoms. The van der Waals surface area contributed by atoms with Gasteiger partial charge in [-0.1, -0.05) is 0 Å². The molecule has 1 atom stereocenters. The molecule has 1 unspecified atom stereocenters. The topological polar surface area (TPSA) is 55.5 Å². The summed E-state index contributed by atoms with van der Waals surface area (Å²) in [5.41, 5.74) is 5.40. The lowest BCUT2D eigenvalue weighted by atomic mass is 9.85. The molecule has 0 spiro atoms. The molecule has 1 heterocycles. The highest BCUT2D eigenvalue weighted by Crippen LogP contribution is 2.30. The summed E-state index contributed by atoms with van der Waals surface area (Å²) in [6.45, 7) is 2.31. The van der Waals surface area contributed by atoms with Gasteiger partial charge < -0.3 is 15.6 Å². The van der Waals surface area contributed by atoms with Gasteiger partial charge in [0, 0.05) is 12.0 Å². The molecule has 1 aliphatic heterocycles. The highest BCUT2D eigenvalue weighted by Gasteiger charge is 2.33. The van der Waals surface area contributed by atoms with Crippen LogP contribution >= 0.6 is 0 Å². The number of ether oxygens (including phenoxy) is 1. The van der Waals surface area contributed by atoms with Crippen LogP contribution in [0.15, 0.2) is 0 Å². The Morgan fingerprint density at radius 1 is 1.60 bits per heavy atom. The highest BCUT2D eigenvalue weighted by atomic mass is 16.5. The van der Waals surface area contributed by atoms with Crippen molar-refractivity contribution in [3.05, 3.63) is 0 Å². The third kappa shape index (κ3) is 1.48. The smallest absolute Gasteiger partial charge is 0.0545 e. The van der Waals surface area contributed by atoms with Gasteiger partial charge in [-0.15, -0.1) is 0 Å². The van der Waals surface area contributed by atoms with Crippen LogP contribution in [-0.4, -0.2) is 31.5 Å². The summed E-state index contributed by atoms with van der Waals surface area (Å²) >= 11 is 0. The highest BCUT2D eigenvalue weighted by molar-refractivity contribution is 4.82. The maximum absolute atomic E-state index is 9.01. The molecule has 3 nitrogen and oxygen atoms in total. The number of hydrogen-bond acceptors (Lipinski definition) is 3. The Morgan fingerprint density at radius 2 is 2.40 bits per heavy atom. The summed E-state index contributed by atoms with van der Waals surface area (Å²) in [6.07, 6.45) is 1.84. The van der Waals surface area contributed by atoms with E-state index in [9.17, 15) is 0 Å². The van der Waals surface area contributed by atoms with Crippen LogP contribution in [0.3, 0.4) is 0 Å². The van der Waals surface area contributed by atoms with Gasteiger partial charge in [0.05, 0.1) is 13.2 Å². The molecule has 60 valence electrons. The maximum Gasteiger partial charge on any atom is 0.0545 e. The third-order valence-corrected chi connectivity index (χ3v) is 2.20. The lowest BCUT2D eigenvalue weighted by molar-refractivity contribution is 0.0884. The van der Waals surface area contributed by atoms with Crippen LogP contribution in [0.25, 0.3) is 0 Å². The van der Waals surface area contributed by atoms with E-state index in [-0.39, 0.29) is 12.0 Å². The van der Waals surface area contributed by atoms with E-state index in [2.05, 4.69) is 0 Å². The van der Waals surface area contributed by atoms with Gasteiger partial charge in [0.1, 0.15) is 0 Å². The first-order chi connectivity index (χ1) is 4.83. The predicted molar refractivity (Wildman–Crippen MR) is 38.6 cm³/mol. The van der Waals surface area contributed by atoms with Crippen molar-refractivity contribution in [2.75, 3.05) is 26.4 Å². The Bertz CT molecular complexity index is 99.8. The van der Waals surface area contributed by atoms with Crippen LogP contribution in [0.2, 0.25) is 0 Å². The molecule has 0 saturated carbocycles. The van der Waals surface area contributed by atoms with E-state index in [0.29, 0.717) is 13.2 Å². The standard InChI is InChI=1S/C7H15NO2/c8-3-1-7(5-9)2-4-10-6-7/h9H,1-6,8H2. The fraction of sp³-hybridized carbons (Fsp3) is 1.00. The van der Waals surface area contributed by atoms with Gasteiger partial charge in [-0.05, 0) is 19.4 Å². The first-order valence-electron chi connectivity index (χ1n) is 3.72. The molecule has 1 fully saturated rings. The van der Waals surface area contributed by atoms with Gasteiger partial charge in [-0.3, -0.25) is 0 Å². The van der Waals surface area contributed by atoms with Crippen LogP contribution in [0, 0.1) is 5.41 Å². The van der Waals surface area contributed by atoms with Gasteiger partial charge in [-0.25, -0.2) is 0 Å². The number of aliphatic hydroxyl groups excluding tert-OH is 1. The molecule has 0 bridgehead atoms. The zero-order valence-electron chi connectivity index (χ0n) is 6.18. The first kappa shape index (κ1) is 7.98. The summed E-state index contributed by atoms with van der Waals surface area (Å²) in [4.78, 5) is 0. The number of rotatable bonds is 3. The maximum atomic E-state index is 9.01. The Hall–Kier alpha value is -0.120. The molecule has 0 aliphatic carbocycles. The van der Waals surface area contributed by atoms with Crippen LogP contribution in [0.5, 0.6) is 0 Å². The molecule has 1 aliphatic rings. The molecule has 1 rings (SSSR count). The van der Waals surface area contributed by atoms with Crippen molar-refractivity contribution in [3.8, 4) is 0 Å². The molecule has 0 radical (unpaired) electrons. The Labute approximate surface area is 61.2 Å². The monoisotopic (exact) mass is 145 g/mol. The zero-order valence-corrected chi connectivity index (χ0v) is 6.18. The van der Waals surface area contributed by atoms with E-state index >= 15 is 0 Å². The molecule has 0 aromatic rings. The minimum Gasteiger partial charge on any atom is -0.396 e. The van der Waals surface area contributed by atoms with E-state index in [1.165, 1.54) is 0 Å². The number of hydrogen-bond donors (Lipinski definition) is 2. The van der Waals surface area contributed by atoms with E-state index < -0.39 is 0 Å². The fourth-order valence-electron chi connectivity index (χ4n) is 1.36. The zero-order chi connectivity index (χ0) is 7.45. The van der Waals surface area contributed by atoms with Crippen molar-refractivity contribution in [3.63, 3.8) is 0 Å². The SMILES string of the molecule is NCCC1(CO)CCOC1. The number of nitrogens with two attached hydrogens (primary N) is 1. The minimum atomic E-state index is -0.00521. The Kier molecular flexibility index (Phi) is 2.65. The molecular formula is C7H15NO2. The molecule has 0 aromatic carbocycles. The molecule has 3 N–H and O–H groups in total. The molecule has 3 heteroatoms. The van der Waals surface area contributed by atoms with Crippen molar-refractivity contribution in [2.45, 2.75) is 12.8 Å². The first-order valence-corrected chi connectivity index (χ1v) is 3.72. The van der Waals surface area contributed by atoms with E-state index in [1.807, 2.05) is 0 Å². The second kappa shape index (κ2) is 3.32. The number of aliphatic hydroxyl groups is 1. The Morgan fingerprint density at radius 3 is 2.80 bits per heavy atom. The van der Waals surface area contributed by atoms with Crippen molar-refractivity contribution >= 4 is 0 Å². The average molecular weight is 145 g/mol. The van der Waals surface area contributed by atoms with Crippen molar-refractivity contribution in [1.82, 2.24) is 0 Å². The van der Waals surface area contributed by atoms with Gasteiger partial charge in [0.2, 0.25) is 0 Å². The van der Waals surface area contributed by atoms with Crippen LogP contribution in [0.4, 0.5) is 0 Å². The second-order valence-corrected chi connectivity index (χ2v) is 3.00.